The van der Waals surface area contributed by atoms with E-state index in [2.05, 4.69) is 6.58 Å². The number of carbonyl (C=O) groups excluding carboxylic acids is 2. The van der Waals surface area contributed by atoms with E-state index in [0.717, 1.165) is 11.1 Å². The molecule has 2 amide bonds. The number of nitrogens with zero attached hydrogens (tertiary/aromatic N) is 2. The summed E-state index contributed by atoms with van der Waals surface area (Å²) in [5.41, 5.74) is 0.310. The van der Waals surface area contributed by atoms with E-state index >= 15 is 0 Å². The van der Waals surface area contributed by atoms with Crippen molar-refractivity contribution in [2.24, 2.45) is 17.8 Å². The molecule has 36 heavy (non-hydrogen) atoms. The van der Waals surface area contributed by atoms with E-state index in [-0.39, 0.29) is 25.0 Å². The maximum absolute atomic E-state index is 14.6. The maximum Gasteiger partial charge on any atom is 0.310 e. The van der Waals surface area contributed by atoms with E-state index in [1.54, 1.807) is 17.9 Å². The Hall–Kier alpha value is -2.71. The lowest BCUT2D eigenvalue weighted by Gasteiger charge is -2.41. The Balaban J connectivity index is 1.90. The van der Waals surface area contributed by atoms with E-state index in [4.69, 9.17) is 4.74 Å². The average Bonchev–Trinajstić information content (AvgIpc) is 3.40. The summed E-state index contributed by atoms with van der Waals surface area (Å²) in [4.78, 5) is 44.2. The molecule has 0 radical (unpaired) electrons. The highest BCUT2D eigenvalue weighted by atomic mass is 16.5. The van der Waals surface area contributed by atoms with Gasteiger partial charge < -0.3 is 24.7 Å². The van der Waals surface area contributed by atoms with Crippen LogP contribution >= 0.6 is 0 Å². The van der Waals surface area contributed by atoms with Gasteiger partial charge in [0.15, 0.2) is 0 Å². The van der Waals surface area contributed by atoms with Gasteiger partial charge in [-0.25, -0.2) is 0 Å². The van der Waals surface area contributed by atoms with Crippen LogP contribution in [0.4, 0.5) is 5.69 Å². The maximum atomic E-state index is 14.6. The number of aliphatic hydroxyl groups excluding tert-OH is 1. The van der Waals surface area contributed by atoms with Gasteiger partial charge in [0.25, 0.3) is 5.91 Å². The highest BCUT2D eigenvalue weighted by Gasteiger charge is 2.79. The molecule has 1 aromatic rings. The Labute approximate surface area is 212 Å². The Bertz CT molecular complexity index is 1090. The Morgan fingerprint density at radius 1 is 1.33 bits per heavy atom. The lowest BCUT2D eigenvalue weighted by atomic mass is 9.66. The number of fused-ring (bicyclic) bond motifs is 1. The molecule has 2 N–H and O–H groups in total. The number of aliphatic carboxylic acids is 1. The predicted molar refractivity (Wildman–Crippen MR) is 135 cm³/mol. The van der Waals surface area contributed by atoms with Crippen molar-refractivity contribution in [2.45, 2.75) is 77.2 Å². The minimum absolute atomic E-state index is 0.103. The fourth-order valence-electron chi connectivity index (χ4n) is 6.78. The number of carbonyl (C=O) groups is 3. The lowest BCUT2D eigenvalue weighted by Crippen LogP contribution is -2.60. The molecule has 8 nitrogen and oxygen atoms in total. The Morgan fingerprint density at radius 3 is 2.61 bits per heavy atom. The van der Waals surface area contributed by atoms with Gasteiger partial charge in [-0.05, 0) is 56.7 Å². The van der Waals surface area contributed by atoms with Gasteiger partial charge >= 0.3 is 5.97 Å². The van der Waals surface area contributed by atoms with Crippen LogP contribution in [0.3, 0.4) is 0 Å². The Morgan fingerprint density at radius 2 is 2.03 bits per heavy atom. The topological polar surface area (TPSA) is 107 Å². The third kappa shape index (κ3) is 3.68. The smallest absolute Gasteiger partial charge is 0.310 e. The van der Waals surface area contributed by atoms with E-state index in [1.165, 1.54) is 4.90 Å². The van der Waals surface area contributed by atoms with E-state index < -0.39 is 47.0 Å². The van der Waals surface area contributed by atoms with Crippen LogP contribution in [0.1, 0.15) is 51.2 Å². The van der Waals surface area contributed by atoms with E-state index in [0.29, 0.717) is 24.9 Å². The molecule has 196 valence electrons. The SMILES string of the molecule is C=CCN(C(=O)C1N([C@@H](CO)[C@@H](C)CC)C(=O)[C@@H]2[C@@H](C(=O)O)[C@@]3(C)CCC12O3)c1cc(C)ccc1C. The molecule has 2 bridgehead atoms. The molecule has 3 fully saturated rings. The van der Waals surface area contributed by atoms with E-state index in [1.807, 2.05) is 45.9 Å². The molecule has 0 saturated carbocycles. The van der Waals surface area contributed by atoms with Crippen LogP contribution in [0.15, 0.2) is 30.9 Å². The van der Waals surface area contributed by atoms with Crippen molar-refractivity contribution in [1.29, 1.82) is 0 Å². The molecule has 3 saturated heterocycles. The van der Waals surface area contributed by atoms with Crippen molar-refractivity contribution in [3.05, 3.63) is 42.0 Å². The fraction of sp³-hybridized carbons (Fsp3) is 0.607. The third-order valence-corrected chi connectivity index (χ3v) is 8.79. The highest BCUT2D eigenvalue weighted by molar-refractivity contribution is 6.05. The van der Waals surface area contributed by atoms with Crippen molar-refractivity contribution in [2.75, 3.05) is 18.1 Å². The summed E-state index contributed by atoms with van der Waals surface area (Å²) >= 11 is 0. The molecule has 3 heterocycles. The molecule has 4 rings (SSSR count). The van der Waals surface area contributed by atoms with Gasteiger partial charge in [0.2, 0.25) is 5.91 Å². The average molecular weight is 499 g/mol. The lowest BCUT2D eigenvalue weighted by molar-refractivity contribution is -0.156. The second-order valence-electron chi connectivity index (χ2n) is 11.0. The number of carboxylic acids is 1. The Kier molecular flexibility index (Phi) is 6.81. The standard InChI is InChI=1S/C28H38N2O6/c1-7-13-29(19-14-16(3)9-10-18(19)5)25(33)23-28-12-11-27(6,36-28)22(26(34)35)21(28)24(32)30(23)20(15-31)17(4)8-2/h7,9-10,14,17,20-23,31H,1,8,11-13,15H2,2-6H3,(H,34,35)/t17-,20-,21-,22-,23?,27+,28?/m0/s1. The van der Waals surface area contributed by atoms with Gasteiger partial charge in [-0.3, -0.25) is 14.4 Å². The normalized spacial score (nSPS) is 32.3. The zero-order valence-corrected chi connectivity index (χ0v) is 21.9. The van der Waals surface area contributed by atoms with Crippen LogP contribution in [0.2, 0.25) is 0 Å². The number of hydrogen-bond donors (Lipinski definition) is 2. The molecule has 0 aromatic heterocycles. The second kappa shape index (κ2) is 9.30. The summed E-state index contributed by atoms with van der Waals surface area (Å²) in [5, 5.41) is 20.6. The molecule has 3 aliphatic heterocycles. The largest absolute Gasteiger partial charge is 0.481 e. The van der Waals surface area contributed by atoms with Crippen LogP contribution < -0.4 is 4.90 Å². The van der Waals surface area contributed by atoms with Crippen LogP contribution in [0.25, 0.3) is 0 Å². The van der Waals surface area contributed by atoms with Crippen LogP contribution in [0.5, 0.6) is 0 Å². The van der Waals surface area contributed by atoms with Crippen molar-refractivity contribution >= 4 is 23.5 Å². The summed E-state index contributed by atoms with van der Waals surface area (Å²) in [6.45, 7) is 13.2. The quantitative estimate of drug-likeness (QED) is 0.507. The number of aryl methyl sites for hydroxylation is 2. The molecule has 7 atom stereocenters. The van der Waals surface area contributed by atoms with Crippen molar-refractivity contribution in [3.63, 3.8) is 0 Å². The van der Waals surface area contributed by atoms with Crippen molar-refractivity contribution in [1.82, 2.24) is 4.90 Å². The van der Waals surface area contributed by atoms with Gasteiger partial charge in [0.1, 0.15) is 11.6 Å². The van der Waals surface area contributed by atoms with Gasteiger partial charge in [-0.15, -0.1) is 6.58 Å². The minimum atomic E-state index is -1.26. The third-order valence-electron chi connectivity index (χ3n) is 8.79. The van der Waals surface area contributed by atoms with Gasteiger partial charge in [-0.2, -0.15) is 0 Å². The molecule has 8 heteroatoms. The van der Waals surface area contributed by atoms with Gasteiger partial charge in [-0.1, -0.05) is 38.5 Å². The zero-order chi connectivity index (χ0) is 26.6. The number of rotatable bonds is 9. The van der Waals surface area contributed by atoms with Gasteiger partial charge in [0.05, 0.1) is 30.1 Å². The summed E-state index contributed by atoms with van der Waals surface area (Å²) < 4.78 is 6.51. The molecule has 1 aromatic carbocycles. The number of likely N-dealkylation sites (tertiary alicyclic amines) is 1. The minimum Gasteiger partial charge on any atom is -0.481 e. The first-order valence-corrected chi connectivity index (χ1v) is 12.8. The molecule has 3 aliphatic rings. The molecule has 2 unspecified atom stereocenters. The van der Waals surface area contributed by atoms with Crippen LogP contribution in [-0.4, -0.2) is 69.3 Å². The number of anilines is 1. The summed E-state index contributed by atoms with van der Waals surface area (Å²) in [6.07, 6.45) is 3.18. The fourth-order valence-corrected chi connectivity index (χ4v) is 6.78. The highest BCUT2D eigenvalue weighted by Crippen LogP contribution is 2.63. The molecule has 1 spiro atoms. The number of ether oxygens (including phenoxy) is 1. The second-order valence-corrected chi connectivity index (χ2v) is 11.0. The first-order valence-electron chi connectivity index (χ1n) is 12.8. The summed E-state index contributed by atoms with van der Waals surface area (Å²) in [6, 6.07) is 4.17. The van der Waals surface area contributed by atoms with Gasteiger partial charge in [0, 0.05) is 12.2 Å². The first-order chi connectivity index (χ1) is 17.0. The number of amides is 2. The molecule has 0 aliphatic carbocycles. The monoisotopic (exact) mass is 498 g/mol. The number of hydrogen-bond acceptors (Lipinski definition) is 5. The number of benzene rings is 1. The van der Waals surface area contributed by atoms with Crippen molar-refractivity contribution in [3.8, 4) is 0 Å². The molecular weight excluding hydrogens is 460 g/mol. The summed E-state index contributed by atoms with van der Waals surface area (Å²) in [7, 11) is 0. The number of carboxylic acid groups (broad SMARTS) is 1. The predicted octanol–water partition coefficient (Wildman–Crippen LogP) is 3.08. The summed E-state index contributed by atoms with van der Waals surface area (Å²) in [5.74, 6) is -3.98. The van der Waals surface area contributed by atoms with Crippen molar-refractivity contribution < 1.29 is 29.3 Å². The molecular formula is C28H38N2O6. The van der Waals surface area contributed by atoms with Crippen LogP contribution in [0, 0.1) is 31.6 Å². The zero-order valence-electron chi connectivity index (χ0n) is 21.9. The van der Waals surface area contributed by atoms with E-state index in [9.17, 15) is 24.6 Å². The van der Waals surface area contributed by atoms with Crippen LogP contribution in [-0.2, 0) is 19.1 Å². The number of aliphatic hydroxyl groups is 1. The first kappa shape index (κ1) is 26.4.